The molecule has 0 spiro atoms. The molecule has 2 aromatic rings. The zero-order valence-electron chi connectivity index (χ0n) is 13.3. The second-order valence-electron chi connectivity index (χ2n) is 5.00. The molecule has 0 radical (unpaired) electrons. The van der Waals surface area contributed by atoms with Gasteiger partial charge in [-0.2, -0.15) is 5.10 Å². The Kier molecular flexibility index (Phi) is 6.51. The molecule has 126 valence electrons. The first-order chi connectivity index (χ1) is 11.6. The summed E-state index contributed by atoms with van der Waals surface area (Å²) in [5.41, 5.74) is 9.09. The smallest absolute Gasteiger partial charge is 0.338 e. The summed E-state index contributed by atoms with van der Waals surface area (Å²) in [6, 6.07) is 10.6. The Morgan fingerprint density at radius 2 is 2.08 bits per heavy atom. The first-order valence-electron chi connectivity index (χ1n) is 7.56. The van der Waals surface area contributed by atoms with Gasteiger partial charge in [-0.05, 0) is 42.9 Å². The van der Waals surface area contributed by atoms with Crippen molar-refractivity contribution in [3.63, 3.8) is 0 Å². The maximum atomic E-state index is 11.9. The van der Waals surface area contributed by atoms with Crippen molar-refractivity contribution in [3.05, 3.63) is 47.7 Å². The highest BCUT2D eigenvalue weighted by Gasteiger charge is 2.08. The zero-order chi connectivity index (χ0) is 17.4. The number of hydrazone groups is 1. The predicted molar refractivity (Wildman–Crippen MR) is 96.8 cm³/mol. The van der Waals surface area contributed by atoms with Crippen molar-refractivity contribution < 1.29 is 13.9 Å². The molecular weight excluding hydrogens is 326 g/mol. The number of benzene rings is 1. The normalized spacial score (nSPS) is 10.7. The third-order valence-electron chi connectivity index (χ3n) is 3.13. The number of hydrogen-bond acceptors (Lipinski definition) is 5. The van der Waals surface area contributed by atoms with Gasteiger partial charge in [0.1, 0.15) is 11.5 Å². The molecular formula is C17H19N3O3S. The molecule has 1 heterocycles. The monoisotopic (exact) mass is 345 g/mol. The number of ether oxygens (including phenoxy) is 1. The van der Waals surface area contributed by atoms with E-state index >= 15 is 0 Å². The van der Waals surface area contributed by atoms with Gasteiger partial charge < -0.3 is 14.9 Å². The van der Waals surface area contributed by atoms with Gasteiger partial charge in [-0.15, -0.1) is 0 Å². The van der Waals surface area contributed by atoms with E-state index in [9.17, 15) is 4.79 Å². The number of esters is 1. The van der Waals surface area contributed by atoms with Crippen LogP contribution in [0.15, 0.2) is 45.9 Å². The second kappa shape index (κ2) is 8.83. The fourth-order valence-electron chi connectivity index (χ4n) is 1.90. The Balaban J connectivity index is 2.00. The van der Waals surface area contributed by atoms with Crippen LogP contribution in [0.4, 0.5) is 0 Å². The number of carbonyl (C=O) groups is 1. The molecule has 1 aromatic heterocycles. The van der Waals surface area contributed by atoms with Crippen LogP contribution in [-0.2, 0) is 4.74 Å². The number of rotatable bonds is 7. The number of nitrogens with two attached hydrogens (primary N) is 1. The van der Waals surface area contributed by atoms with Gasteiger partial charge in [-0.25, -0.2) is 4.79 Å². The molecule has 0 saturated carbocycles. The van der Waals surface area contributed by atoms with Gasteiger partial charge in [0.25, 0.3) is 0 Å². The van der Waals surface area contributed by atoms with E-state index in [1.165, 1.54) is 6.21 Å². The van der Waals surface area contributed by atoms with Crippen molar-refractivity contribution in [2.45, 2.75) is 19.8 Å². The van der Waals surface area contributed by atoms with Crippen LogP contribution in [0.25, 0.3) is 11.3 Å². The average Bonchev–Trinajstić information content (AvgIpc) is 3.03. The number of nitrogens with zero attached hydrogens (tertiary/aromatic N) is 1. The van der Waals surface area contributed by atoms with Crippen LogP contribution < -0.4 is 11.2 Å². The van der Waals surface area contributed by atoms with E-state index in [-0.39, 0.29) is 11.1 Å². The summed E-state index contributed by atoms with van der Waals surface area (Å²) in [5, 5.41) is 3.91. The molecule has 3 N–H and O–H groups in total. The van der Waals surface area contributed by atoms with E-state index in [4.69, 9.17) is 14.9 Å². The Labute approximate surface area is 145 Å². The van der Waals surface area contributed by atoms with E-state index in [0.717, 1.165) is 18.4 Å². The van der Waals surface area contributed by atoms with Crippen LogP contribution in [0.1, 0.15) is 35.9 Å². The van der Waals surface area contributed by atoms with Crippen LogP contribution in [0.2, 0.25) is 0 Å². The minimum Gasteiger partial charge on any atom is -0.462 e. The van der Waals surface area contributed by atoms with Crippen LogP contribution in [0.5, 0.6) is 0 Å². The highest BCUT2D eigenvalue weighted by Crippen LogP contribution is 2.22. The van der Waals surface area contributed by atoms with E-state index in [1.807, 2.05) is 25.1 Å². The van der Waals surface area contributed by atoms with Crippen molar-refractivity contribution in [3.8, 4) is 11.3 Å². The number of thiocarbonyl (C=S) groups is 1. The summed E-state index contributed by atoms with van der Waals surface area (Å²) >= 11 is 4.64. The lowest BCUT2D eigenvalue weighted by Crippen LogP contribution is -2.23. The minimum absolute atomic E-state index is 0.0828. The second-order valence-corrected chi connectivity index (χ2v) is 5.44. The Morgan fingerprint density at radius 3 is 2.75 bits per heavy atom. The van der Waals surface area contributed by atoms with Crippen molar-refractivity contribution in [2.75, 3.05) is 6.61 Å². The SMILES string of the molecule is CCCCOC(=O)c1ccc(-c2ccc(/C=N/NC(N)=S)o2)cc1. The van der Waals surface area contributed by atoms with Gasteiger partial charge >= 0.3 is 5.97 Å². The molecule has 6 nitrogen and oxygen atoms in total. The maximum absolute atomic E-state index is 11.9. The molecule has 0 saturated heterocycles. The lowest BCUT2D eigenvalue weighted by molar-refractivity contribution is 0.0500. The molecule has 0 aliphatic rings. The molecule has 24 heavy (non-hydrogen) atoms. The molecule has 2 rings (SSSR count). The Bertz CT molecular complexity index is 723. The van der Waals surface area contributed by atoms with Gasteiger partial charge in [0.2, 0.25) is 0 Å². The standard InChI is InChI=1S/C17H19N3O3S/c1-2-3-10-22-16(21)13-6-4-12(5-7-13)15-9-8-14(23-15)11-19-20-17(18)24/h4-9,11H,2-3,10H2,1H3,(H3,18,20,24)/b19-11+. The van der Waals surface area contributed by atoms with Crippen LogP contribution in [-0.4, -0.2) is 23.9 Å². The summed E-state index contributed by atoms with van der Waals surface area (Å²) in [5.74, 6) is 0.903. The zero-order valence-corrected chi connectivity index (χ0v) is 14.1. The summed E-state index contributed by atoms with van der Waals surface area (Å²) in [7, 11) is 0. The third-order valence-corrected chi connectivity index (χ3v) is 3.22. The minimum atomic E-state index is -0.314. The molecule has 0 aliphatic carbocycles. The molecule has 7 heteroatoms. The molecule has 0 amide bonds. The number of hydrogen-bond donors (Lipinski definition) is 2. The average molecular weight is 345 g/mol. The molecule has 0 atom stereocenters. The number of carbonyl (C=O) groups excluding carboxylic acids is 1. The summed E-state index contributed by atoms with van der Waals surface area (Å²) in [4.78, 5) is 11.9. The number of unbranched alkanes of at least 4 members (excludes halogenated alkanes) is 1. The van der Waals surface area contributed by atoms with Crippen LogP contribution in [0.3, 0.4) is 0 Å². The van der Waals surface area contributed by atoms with Crippen LogP contribution >= 0.6 is 12.2 Å². The lowest BCUT2D eigenvalue weighted by atomic mass is 10.1. The van der Waals surface area contributed by atoms with E-state index in [0.29, 0.717) is 23.7 Å². The first kappa shape index (κ1) is 17.7. The quantitative estimate of drug-likeness (QED) is 0.263. The van der Waals surface area contributed by atoms with Gasteiger partial charge in [0.05, 0.1) is 18.4 Å². The van der Waals surface area contributed by atoms with Gasteiger partial charge in [-0.1, -0.05) is 25.5 Å². The van der Waals surface area contributed by atoms with E-state index in [2.05, 4.69) is 22.7 Å². The lowest BCUT2D eigenvalue weighted by Gasteiger charge is -2.04. The van der Waals surface area contributed by atoms with Crippen molar-refractivity contribution in [2.24, 2.45) is 10.8 Å². The fraction of sp³-hybridized carbons (Fsp3) is 0.235. The topological polar surface area (TPSA) is 89.8 Å². The molecule has 0 aliphatic heterocycles. The molecule has 0 bridgehead atoms. The van der Waals surface area contributed by atoms with Crippen molar-refractivity contribution in [1.29, 1.82) is 0 Å². The van der Waals surface area contributed by atoms with E-state index in [1.54, 1.807) is 18.2 Å². The molecule has 0 fully saturated rings. The predicted octanol–water partition coefficient (Wildman–Crippen LogP) is 3.07. The van der Waals surface area contributed by atoms with Gasteiger partial charge in [-0.3, -0.25) is 5.43 Å². The Hall–Kier alpha value is -2.67. The van der Waals surface area contributed by atoms with Crippen molar-refractivity contribution >= 4 is 29.5 Å². The van der Waals surface area contributed by atoms with Gasteiger partial charge in [0.15, 0.2) is 5.11 Å². The highest BCUT2D eigenvalue weighted by molar-refractivity contribution is 7.80. The molecule has 0 unspecified atom stereocenters. The highest BCUT2D eigenvalue weighted by atomic mass is 32.1. The Morgan fingerprint density at radius 1 is 1.33 bits per heavy atom. The van der Waals surface area contributed by atoms with E-state index < -0.39 is 0 Å². The summed E-state index contributed by atoms with van der Waals surface area (Å²) < 4.78 is 10.8. The fourth-order valence-corrected chi connectivity index (χ4v) is 1.95. The number of nitrogens with one attached hydrogen (secondary N) is 1. The first-order valence-corrected chi connectivity index (χ1v) is 7.97. The summed E-state index contributed by atoms with van der Waals surface area (Å²) in [6.07, 6.45) is 3.33. The maximum Gasteiger partial charge on any atom is 0.338 e. The third kappa shape index (κ3) is 5.20. The largest absolute Gasteiger partial charge is 0.462 e. The molecule has 1 aromatic carbocycles. The summed E-state index contributed by atoms with van der Waals surface area (Å²) in [6.45, 7) is 2.49. The van der Waals surface area contributed by atoms with Crippen molar-refractivity contribution in [1.82, 2.24) is 5.43 Å². The van der Waals surface area contributed by atoms with Crippen LogP contribution in [0, 0.1) is 0 Å². The van der Waals surface area contributed by atoms with Gasteiger partial charge in [0, 0.05) is 5.56 Å². The number of furan rings is 1.